The van der Waals surface area contributed by atoms with Crippen LogP contribution in [-0.4, -0.2) is 17.4 Å². The molecule has 0 aliphatic carbocycles. The molecule has 0 amide bonds. The minimum Gasteiger partial charge on any atom is -0.491 e. The van der Waals surface area contributed by atoms with Gasteiger partial charge in [-0.3, -0.25) is 5.32 Å². The highest BCUT2D eigenvalue weighted by molar-refractivity contribution is 7.99. The maximum atomic E-state index is 5.97. The number of benzene rings is 2. The van der Waals surface area contributed by atoms with Gasteiger partial charge in [-0.05, 0) is 49.9 Å². The van der Waals surface area contributed by atoms with Crippen molar-refractivity contribution < 1.29 is 4.74 Å². The van der Waals surface area contributed by atoms with Gasteiger partial charge in [0, 0.05) is 16.2 Å². The fourth-order valence-corrected chi connectivity index (χ4v) is 5.23. The lowest BCUT2D eigenvalue weighted by atomic mass is 9.88. The number of fused-ring (bicyclic) bond motifs is 1. The van der Waals surface area contributed by atoms with E-state index in [1.165, 1.54) is 35.3 Å². The number of hydrogen-bond acceptors (Lipinski definition) is 3. The molecule has 2 nitrogen and oxygen atoms in total. The molecule has 0 aromatic heterocycles. The Morgan fingerprint density at radius 3 is 2.59 bits per heavy atom. The first-order valence-electron chi connectivity index (χ1n) is 10.3. The van der Waals surface area contributed by atoms with Crippen molar-refractivity contribution in [1.29, 1.82) is 0 Å². The van der Waals surface area contributed by atoms with E-state index in [4.69, 9.17) is 4.74 Å². The van der Waals surface area contributed by atoms with Crippen molar-refractivity contribution in [2.75, 3.05) is 5.75 Å². The second-order valence-corrected chi connectivity index (χ2v) is 8.90. The number of nitrogens with one attached hydrogen (secondary N) is 1. The molecule has 0 unspecified atom stereocenters. The average Bonchev–Trinajstić information content (AvgIpc) is 2.84. The fraction of sp³-hybridized carbons (Fsp3) is 0.500. The minimum atomic E-state index is 0.166. The van der Waals surface area contributed by atoms with Crippen molar-refractivity contribution in [1.82, 2.24) is 5.32 Å². The summed E-state index contributed by atoms with van der Waals surface area (Å²) in [5.74, 6) is 2.07. The predicted molar refractivity (Wildman–Crippen MR) is 117 cm³/mol. The van der Waals surface area contributed by atoms with Crippen molar-refractivity contribution >= 4 is 11.8 Å². The highest BCUT2D eigenvalue weighted by atomic mass is 32.2. The van der Waals surface area contributed by atoms with Crippen LogP contribution in [0.25, 0.3) is 0 Å². The van der Waals surface area contributed by atoms with Crippen LogP contribution in [0.5, 0.6) is 5.75 Å². The Morgan fingerprint density at radius 2 is 1.93 bits per heavy atom. The van der Waals surface area contributed by atoms with E-state index in [0.717, 1.165) is 17.9 Å². The molecule has 3 rings (SSSR count). The Morgan fingerprint density at radius 1 is 1.15 bits per heavy atom. The van der Waals surface area contributed by atoms with Crippen LogP contribution in [-0.2, 0) is 0 Å². The molecule has 0 fully saturated rings. The largest absolute Gasteiger partial charge is 0.491 e. The Bertz CT molecular complexity index is 730. The van der Waals surface area contributed by atoms with Gasteiger partial charge in [-0.25, -0.2) is 0 Å². The summed E-state index contributed by atoms with van der Waals surface area (Å²) >= 11 is 1.99. The van der Waals surface area contributed by atoms with E-state index in [2.05, 4.69) is 81.5 Å². The zero-order chi connectivity index (χ0) is 19.3. The summed E-state index contributed by atoms with van der Waals surface area (Å²) in [5.41, 5.74) is 2.88. The summed E-state index contributed by atoms with van der Waals surface area (Å²) in [6.45, 7) is 8.78. The van der Waals surface area contributed by atoms with Crippen LogP contribution in [0.4, 0.5) is 0 Å². The zero-order valence-electron chi connectivity index (χ0n) is 17.1. The first-order valence-corrected chi connectivity index (χ1v) is 11.3. The van der Waals surface area contributed by atoms with Gasteiger partial charge in [-0.15, -0.1) is 11.8 Å². The predicted octanol–water partition coefficient (Wildman–Crippen LogP) is 6.60. The molecule has 0 radical (unpaired) electrons. The van der Waals surface area contributed by atoms with Gasteiger partial charge in [0.25, 0.3) is 0 Å². The summed E-state index contributed by atoms with van der Waals surface area (Å²) in [6.07, 6.45) is 5.07. The molecule has 1 aliphatic rings. The van der Waals surface area contributed by atoms with Gasteiger partial charge in [-0.2, -0.15) is 0 Å². The highest BCUT2D eigenvalue weighted by Gasteiger charge is 2.35. The molecule has 1 heterocycles. The van der Waals surface area contributed by atoms with Crippen molar-refractivity contribution in [3.05, 3.63) is 59.7 Å². The summed E-state index contributed by atoms with van der Waals surface area (Å²) in [7, 11) is 0. The smallest absolute Gasteiger partial charge is 0.120 e. The quantitative estimate of drug-likeness (QED) is 0.582. The summed E-state index contributed by atoms with van der Waals surface area (Å²) < 4.78 is 5.97. The molecular weight excluding hydrogens is 350 g/mol. The number of rotatable bonds is 7. The molecule has 3 heteroatoms. The third kappa shape index (κ3) is 4.89. The molecule has 0 bridgehead atoms. The SMILES string of the molecule is CCCC[C@]1(CC)CSc2cc(OC(C)C)ccc2[C@H](c2ccccc2)N1. The monoisotopic (exact) mass is 383 g/mol. The molecule has 0 spiro atoms. The lowest BCUT2D eigenvalue weighted by molar-refractivity contribution is 0.241. The first-order chi connectivity index (χ1) is 13.1. The molecule has 2 aromatic rings. The van der Waals surface area contributed by atoms with E-state index in [1.54, 1.807) is 0 Å². The Hall–Kier alpha value is -1.45. The van der Waals surface area contributed by atoms with Crippen LogP contribution in [0.1, 0.15) is 70.5 Å². The second kappa shape index (κ2) is 9.16. The molecule has 27 heavy (non-hydrogen) atoms. The van der Waals surface area contributed by atoms with Crippen LogP contribution < -0.4 is 10.1 Å². The van der Waals surface area contributed by atoms with E-state index >= 15 is 0 Å². The molecule has 146 valence electrons. The molecule has 2 atom stereocenters. The van der Waals surface area contributed by atoms with Crippen LogP contribution in [0, 0.1) is 0 Å². The van der Waals surface area contributed by atoms with Crippen LogP contribution in [0.3, 0.4) is 0 Å². The average molecular weight is 384 g/mol. The Kier molecular flexibility index (Phi) is 6.88. The second-order valence-electron chi connectivity index (χ2n) is 7.88. The third-order valence-electron chi connectivity index (χ3n) is 5.44. The van der Waals surface area contributed by atoms with Crippen molar-refractivity contribution in [2.45, 2.75) is 76.0 Å². The standard InChI is InChI=1S/C24H33NOS/c1-5-7-15-24(6-2)17-27-22-16-20(26-18(3)4)13-14-21(22)23(25-24)19-11-9-8-10-12-19/h8-14,16,18,23,25H,5-7,15,17H2,1-4H3/t23-,24+/m0/s1. The van der Waals surface area contributed by atoms with Crippen LogP contribution in [0.15, 0.2) is 53.4 Å². The van der Waals surface area contributed by atoms with Gasteiger partial charge in [0.2, 0.25) is 0 Å². The van der Waals surface area contributed by atoms with Gasteiger partial charge in [-0.1, -0.05) is 63.1 Å². The normalized spacial score (nSPS) is 22.3. The lowest BCUT2D eigenvalue weighted by Gasteiger charge is -2.36. The van der Waals surface area contributed by atoms with Crippen LogP contribution >= 0.6 is 11.8 Å². The topological polar surface area (TPSA) is 21.3 Å². The van der Waals surface area contributed by atoms with E-state index in [1.807, 2.05) is 11.8 Å². The third-order valence-corrected chi connectivity index (χ3v) is 6.80. The van der Waals surface area contributed by atoms with E-state index in [9.17, 15) is 0 Å². The minimum absolute atomic E-state index is 0.166. The number of thioether (sulfide) groups is 1. The molecule has 0 saturated carbocycles. The van der Waals surface area contributed by atoms with Gasteiger partial charge < -0.3 is 4.74 Å². The maximum Gasteiger partial charge on any atom is 0.120 e. The highest BCUT2D eigenvalue weighted by Crippen LogP contribution is 2.42. The van der Waals surface area contributed by atoms with E-state index < -0.39 is 0 Å². The first kappa shape index (κ1) is 20.3. The number of hydrogen-bond donors (Lipinski definition) is 1. The Labute approximate surface area is 169 Å². The summed E-state index contributed by atoms with van der Waals surface area (Å²) in [6, 6.07) is 17.7. The van der Waals surface area contributed by atoms with Crippen molar-refractivity contribution in [3.63, 3.8) is 0 Å². The van der Waals surface area contributed by atoms with E-state index in [0.29, 0.717) is 0 Å². The maximum absolute atomic E-state index is 5.97. The summed E-state index contributed by atoms with van der Waals surface area (Å²) in [5, 5.41) is 4.09. The zero-order valence-corrected chi connectivity index (χ0v) is 17.9. The molecule has 2 aromatic carbocycles. The van der Waals surface area contributed by atoms with Crippen molar-refractivity contribution in [3.8, 4) is 5.75 Å². The van der Waals surface area contributed by atoms with Gasteiger partial charge in [0.15, 0.2) is 0 Å². The fourth-order valence-electron chi connectivity index (χ4n) is 3.81. The van der Waals surface area contributed by atoms with Crippen LogP contribution in [0.2, 0.25) is 0 Å². The molecule has 1 N–H and O–H groups in total. The summed E-state index contributed by atoms with van der Waals surface area (Å²) in [4.78, 5) is 1.35. The van der Waals surface area contributed by atoms with Gasteiger partial charge in [0.05, 0.1) is 12.1 Å². The van der Waals surface area contributed by atoms with E-state index in [-0.39, 0.29) is 17.7 Å². The number of unbranched alkanes of at least 4 members (excludes halogenated alkanes) is 1. The Balaban J connectivity index is 2.01. The van der Waals surface area contributed by atoms with Gasteiger partial charge >= 0.3 is 0 Å². The number of ether oxygens (including phenoxy) is 1. The van der Waals surface area contributed by atoms with Gasteiger partial charge in [0.1, 0.15) is 5.75 Å². The lowest BCUT2D eigenvalue weighted by Crippen LogP contribution is -2.48. The van der Waals surface area contributed by atoms with Crippen molar-refractivity contribution in [2.24, 2.45) is 0 Å². The molecule has 0 saturated heterocycles. The molecule has 1 aliphatic heterocycles. The molecular formula is C24H33NOS.